The average Bonchev–Trinajstić information content (AvgIpc) is 2.44. The number of nitrogen functional groups attached to an aromatic ring is 1. The second-order valence-electron chi connectivity index (χ2n) is 4.11. The Labute approximate surface area is 105 Å². The van der Waals surface area contributed by atoms with Gasteiger partial charge in [0.15, 0.2) is 0 Å². The lowest BCUT2D eigenvalue weighted by Crippen LogP contribution is -1.99. The highest BCUT2D eigenvalue weighted by atomic mass is 14.8. The maximum atomic E-state index is 6.17. The van der Waals surface area contributed by atoms with Crippen LogP contribution in [0.3, 0.4) is 0 Å². The maximum absolute atomic E-state index is 6.17. The molecule has 4 heteroatoms. The van der Waals surface area contributed by atoms with Gasteiger partial charge in [0, 0.05) is 29.0 Å². The Morgan fingerprint density at radius 2 is 1.94 bits per heavy atom. The van der Waals surface area contributed by atoms with Crippen molar-refractivity contribution in [3.63, 3.8) is 0 Å². The van der Waals surface area contributed by atoms with E-state index >= 15 is 0 Å². The Hall–Kier alpha value is -2.49. The first-order valence-electron chi connectivity index (χ1n) is 5.68. The molecule has 2 aromatic heterocycles. The summed E-state index contributed by atoms with van der Waals surface area (Å²) >= 11 is 0. The Bertz CT molecular complexity index is 708. The predicted molar refractivity (Wildman–Crippen MR) is 71.9 cm³/mol. The molecule has 0 aliphatic heterocycles. The van der Waals surface area contributed by atoms with E-state index in [0.29, 0.717) is 0 Å². The van der Waals surface area contributed by atoms with Gasteiger partial charge in [-0.25, -0.2) is 4.98 Å². The molecular formula is C14H12N4. The fourth-order valence-electron chi connectivity index (χ4n) is 2.00. The molecular weight excluding hydrogens is 224 g/mol. The van der Waals surface area contributed by atoms with Gasteiger partial charge < -0.3 is 5.73 Å². The SMILES string of the molecule is Cc1c(-c2cnccn2)nc2ccccc2c1N. The van der Waals surface area contributed by atoms with Gasteiger partial charge in [-0.2, -0.15) is 0 Å². The molecule has 0 aliphatic carbocycles. The van der Waals surface area contributed by atoms with E-state index in [1.54, 1.807) is 18.6 Å². The zero-order chi connectivity index (χ0) is 12.5. The van der Waals surface area contributed by atoms with Crippen LogP contribution < -0.4 is 5.73 Å². The molecule has 0 radical (unpaired) electrons. The van der Waals surface area contributed by atoms with E-state index in [9.17, 15) is 0 Å². The minimum Gasteiger partial charge on any atom is -0.398 e. The summed E-state index contributed by atoms with van der Waals surface area (Å²) in [4.78, 5) is 13.0. The Kier molecular flexibility index (Phi) is 2.41. The lowest BCUT2D eigenvalue weighted by Gasteiger charge is -2.10. The number of rotatable bonds is 1. The van der Waals surface area contributed by atoms with Crippen molar-refractivity contribution in [3.05, 3.63) is 48.4 Å². The van der Waals surface area contributed by atoms with Crippen molar-refractivity contribution < 1.29 is 0 Å². The van der Waals surface area contributed by atoms with E-state index in [4.69, 9.17) is 5.73 Å². The second-order valence-corrected chi connectivity index (χ2v) is 4.11. The third-order valence-corrected chi connectivity index (χ3v) is 2.99. The summed E-state index contributed by atoms with van der Waals surface area (Å²) in [6.45, 7) is 1.96. The lowest BCUT2D eigenvalue weighted by atomic mass is 10.1. The van der Waals surface area contributed by atoms with Gasteiger partial charge in [0.2, 0.25) is 0 Å². The molecule has 0 fully saturated rings. The van der Waals surface area contributed by atoms with Crippen LogP contribution >= 0.6 is 0 Å². The maximum Gasteiger partial charge on any atom is 0.107 e. The molecule has 0 saturated heterocycles. The molecule has 88 valence electrons. The number of pyridine rings is 1. The number of benzene rings is 1. The third kappa shape index (κ3) is 1.59. The van der Waals surface area contributed by atoms with E-state index in [1.807, 2.05) is 31.2 Å². The average molecular weight is 236 g/mol. The van der Waals surface area contributed by atoms with Gasteiger partial charge in [-0.3, -0.25) is 9.97 Å². The molecule has 0 atom stereocenters. The third-order valence-electron chi connectivity index (χ3n) is 2.99. The molecule has 2 heterocycles. The van der Waals surface area contributed by atoms with Crippen molar-refractivity contribution in [2.75, 3.05) is 5.73 Å². The van der Waals surface area contributed by atoms with Gasteiger partial charge >= 0.3 is 0 Å². The first-order chi connectivity index (χ1) is 8.77. The van der Waals surface area contributed by atoms with Gasteiger partial charge in [0.25, 0.3) is 0 Å². The molecule has 0 aliphatic rings. The quantitative estimate of drug-likeness (QED) is 0.705. The molecule has 2 N–H and O–H groups in total. The van der Waals surface area contributed by atoms with Gasteiger partial charge in [0.05, 0.1) is 17.4 Å². The number of hydrogen-bond acceptors (Lipinski definition) is 4. The molecule has 0 unspecified atom stereocenters. The van der Waals surface area contributed by atoms with Crippen LogP contribution in [0.15, 0.2) is 42.9 Å². The Balaban J connectivity index is 2.34. The van der Waals surface area contributed by atoms with Crippen molar-refractivity contribution in [3.8, 4) is 11.4 Å². The second kappa shape index (κ2) is 4.07. The van der Waals surface area contributed by atoms with E-state index < -0.39 is 0 Å². The fraction of sp³-hybridized carbons (Fsp3) is 0.0714. The smallest absolute Gasteiger partial charge is 0.107 e. The number of nitrogens with zero attached hydrogens (tertiary/aromatic N) is 3. The fourth-order valence-corrected chi connectivity index (χ4v) is 2.00. The van der Waals surface area contributed by atoms with E-state index in [2.05, 4.69) is 15.0 Å². The lowest BCUT2D eigenvalue weighted by molar-refractivity contribution is 1.17. The molecule has 1 aromatic carbocycles. The largest absolute Gasteiger partial charge is 0.398 e. The molecule has 3 rings (SSSR count). The highest BCUT2D eigenvalue weighted by Gasteiger charge is 2.11. The summed E-state index contributed by atoms with van der Waals surface area (Å²) in [6, 6.07) is 7.84. The topological polar surface area (TPSA) is 64.7 Å². The zero-order valence-electron chi connectivity index (χ0n) is 9.96. The standard InChI is InChI=1S/C14H12N4/c1-9-13(15)10-4-2-3-5-11(10)18-14(9)12-8-16-6-7-17-12/h2-8H,1H3,(H2,15,18). The van der Waals surface area contributed by atoms with Crippen LogP contribution in [0.25, 0.3) is 22.3 Å². The number of nitrogens with two attached hydrogens (primary N) is 1. The van der Waals surface area contributed by atoms with Gasteiger partial charge in [-0.15, -0.1) is 0 Å². The minimum atomic E-state index is 0.743. The summed E-state index contributed by atoms with van der Waals surface area (Å²) in [6.07, 6.45) is 4.99. The predicted octanol–water partition coefficient (Wildman–Crippen LogP) is 2.58. The van der Waals surface area contributed by atoms with E-state index in [-0.39, 0.29) is 0 Å². The van der Waals surface area contributed by atoms with E-state index in [1.165, 1.54) is 0 Å². The number of fused-ring (bicyclic) bond motifs is 1. The van der Waals surface area contributed by atoms with Gasteiger partial charge in [-0.1, -0.05) is 18.2 Å². The molecule has 0 amide bonds. The minimum absolute atomic E-state index is 0.743. The van der Waals surface area contributed by atoms with Gasteiger partial charge in [0.1, 0.15) is 5.69 Å². The normalized spacial score (nSPS) is 10.7. The molecule has 0 bridgehead atoms. The van der Waals surface area contributed by atoms with Crippen LogP contribution in [-0.4, -0.2) is 15.0 Å². The van der Waals surface area contributed by atoms with Crippen LogP contribution in [0, 0.1) is 6.92 Å². The van der Waals surface area contributed by atoms with Crippen LogP contribution in [0.2, 0.25) is 0 Å². The van der Waals surface area contributed by atoms with Crippen molar-refractivity contribution in [2.24, 2.45) is 0 Å². The summed E-state index contributed by atoms with van der Waals surface area (Å²) in [5.74, 6) is 0. The molecule has 3 aromatic rings. The van der Waals surface area contributed by atoms with Crippen molar-refractivity contribution in [2.45, 2.75) is 6.92 Å². The number of para-hydroxylation sites is 1. The molecule has 0 saturated carbocycles. The first-order valence-corrected chi connectivity index (χ1v) is 5.68. The van der Waals surface area contributed by atoms with Crippen LogP contribution in [0.5, 0.6) is 0 Å². The summed E-state index contributed by atoms with van der Waals surface area (Å²) in [5.41, 5.74) is 10.3. The summed E-state index contributed by atoms with van der Waals surface area (Å²) in [7, 11) is 0. The van der Waals surface area contributed by atoms with Crippen LogP contribution in [0.1, 0.15) is 5.56 Å². The van der Waals surface area contributed by atoms with E-state index in [0.717, 1.165) is 33.5 Å². The number of hydrogen-bond donors (Lipinski definition) is 1. The summed E-state index contributed by atoms with van der Waals surface area (Å²) in [5, 5.41) is 0.975. The Morgan fingerprint density at radius 1 is 1.11 bits per heavy atom. The van der Waals surface area contributed by atoms with Gasteiger partial charge in [-0.05, 0) is 13.0 Å². The van der Waals surface area contributed by atoms with Crippen LogP contribution in [0.4, 0.5) is 5.69 Å². The molecule has 18 heavy (non-hydrogen) atoms. The monoisotopic (exact) mass is 236 g/mol. The van der Waals surface area contributed by atoms with Crippen LogP contribution in [-0.2, 0) is 0 Å². The first kappa shape index (κ1) is 10.7. The van der Waals surface area contributed by atoms with Crippen molar-refractivity contribution in [1.82, 2.24) is 15.0 Å². The van der Waals surface area contributed by atoms with Crippen molar-refractivity contribution in [1.29, 1.82) is 0 Å². The number of anilines is 1. The molecule has 0 spiro atoms. The number of aromatic nitrogens is 3. The Morgan fingerprint density at radius 3 is 2.72 bits per heavy atom. The van der Waals surface area contributed by atoms with Crippen molar-refractivity contribution >= 4 is 16.6 Å². The highest BCUT2D eigenvalue weighted by Crippen LogP contribution is 2.29. The molecule has 4 nitrogen and oxygen atoms in total. The highest BCUT2D eigenvalue weighted by molar-refractivity contribution is 5.94. The summed E-state index contributed by atoms with van der Waals surface area (Å²) < 4.78 is 0. The zero-order valence-corrected chi connectivity index (χ0v) is 9.96.